The Morgan fingerprint density at radius 1 is 1.12 bits per heavy atom. The smallest absolute Gasteiger partial charge is 0.328 e. The molecule has 0 bridgehead atoms. The molecule has 0 amide bonds. The molecule has 182 valence electrons. The highest BCUT2D eigenvalue weighted by Crippen LogP contribution is 2.32. The van der Waals surface area contributed by atoms with E-state index in [1.165, 1.54) is 12.1 Å². The first-order valence-electron chi connectivity index (χ1n) is 10.5. The lowest BCUT2D eigenvalue weighted by Crippen LogP contribution is -2.37. The summed E-state index contributed by atoms with van der Waals surface area (Å²) in [6.07, 6.45) is 1.94. The van der Waals surface area contributed by atoms with E-state index in [1.54, 1.807) is 6.07 Å². The molecule has 34 heavy (non-hydrogen) atoms. The van der Waals surface area contributed by atoms with E-state index < -0.39 is 11.9 Å². The summed E-state index contributed by atoms with van der Waals surface area (Å²) >= 11 is 6.07. The van der Waals surface area contributed by atoms with Crippen LogP contribution in [-0.2, 0) is 14.3 Å². The van der Waals surface area contributed by atoms with Crippen molar-refractivity contribution in [3.05, 3.63) is 81.4 Å². The van der Waals surface area contributed by atoms with Crippen molar-refractivity contribution >= 4 is 34.9 Å². The maximum atomic E-state index is 11.4. The zero-order valence-electron chi connectivity index (χ0n) is 18.3. The van der Waals surface area contributed by atoms with Crippen LogP contribution in [0, 0.1) is 10.1 Å². The number of carboxylic acids is 2. The zero-order valence-corrected chi connectivity index (χ0v) is 19.1. The Bertz CT molecular complexity index is 979. The molecule has 0 aliphatic carbocycles. The minimum atomic E-state index is -1.26. The van der Waals surface area contributed by atoms with E-state index in [-0.39, 0.29) is 16.7 Å². The topological polar surface area (TPSA) is 142 Å². The second-order valence-corrected chi connectivity index (χ2v) is 7.72. The van der Waals surface area contributed by atoms with Gasteiger partial charge in [0.15, 0.2) is 0 Å². The molecule has 0 saturated carbocycles. The zero-order chi connectivity index (χ0) is 24.9. The molecule has 1 heterocycles. The van der Waals surface area contributed by atoms with Gasteiger partial charge >= 0.3 is 11.9 Å². The fraction of sp³-hybridized carbons (Fsp3) is 0.304. The van der Waals surface area contributed by atoms with Crippen LogP contribution in [0.3, 0.4) is 0 Å². The van der Waals surface area contributed by atoms with Crippen LogP contribution in [0.15, 0.2) is 60.7 Å². The number of rotatable bonds is 9. The van der Waals surface area contributed by atoms with Gasteiger partial charge in [0, 0.05) is 42.9 Å². The van der Waals surface area contributed by atoms with Crippen molar-refractivity contribution in [3.63, 3.8) is 0 Å². The molecular weight excluding hydrogens is 466 g/mol. The van der Waals surface area contributed by atoms with Gasteiger partial charge in [0.2, 0.25) is 0 Å². The average Bonchev–Trinajstić information content (AvgIpc) is 2.82. The van der Waals surface area contributed by atoms with Crippen molar-refractivity contribution in [2.24, 2.45) is 0 Å². The van der Waals surface area contributed by atoms with Crippen molar-refractivity contribution in [2.75, 3.05) is 38.2 Å². The largest absolute Gasteiger partial charge is 0.478 e. The fourth-order valence-corrected chi connectivity index (χ4v) is 3.43. The Kier molecular flexibility index (Phi) is 11.0. The summed E-state index contributed by atoms with van der Waals surface area (Å²) < 4.78 is 5.40. The van der Waals surface area contributed by atoms with Gasteiger partial charge in [-0.2, -0.15) is 0 Å². The summed E-state index contributed by atoms with van der Waals surface area (Å²) in [5, 5.41) is 30.8. The van der Waals surface area contributed by atoms with Crippen molar-refractivity contribution in [2.45, 2.75) is 12.5 Å². The summed E-state index contributed by atoms with van der Waals surface area (Å²) in [4.78, 5) is 32.4. The third kappa shape index (κ3) is 9.57. The summed E-state index contributed by atoms with van der Waals surface area (Å²) in [6, 6.07) is 14.5. The van der Waals surface area contributed by atoms with Crippen LogP contribution < -0.4 is 5.32 Å². The van der Waals surface area contributed by atoms with Crippen molar-refractivity contribution in [3.8, 4) is 0 Å². The molecule has 2 aromatic rings. The normalized spacial score (nSPS) is 14.6. The summed E-state index contributed by atoms with van der Waals surface area (Å²) in [5.74, 6) is -2.51. The van der Waals surface area contributed by atoms with Gasteiger partial charge in [-0.15, -0.1) is 0 Å². The van der Waals surface area contributed by atoms with Gasteiger partial charge in [0.25, 0.3) is 5.69 Å². The van der Waals surface area contributed by atoms with Crippen LogP contribution in [0.25, 0.3) is 0 Å². The second kappa shape index (κ2) is 13.9. The number of nitrogens with one attached hydrogen (secondary N) is 1. The molecule has 10 nitrogen and oxygen atoms in total. The number of nitro groups is 1. The van der Waals surface area contributed by atoms with Crippen LogP contribution in [0.5, 0.6) is 0 Å². The molecule has 0 radical (unpaired) electrons. The van der Waals surface area contributed by atoms with Crippen molar-refractivity contribution in [1.82, 2.24) is 4.90 Å². The molecule has 0 aromatic heterocycles. The number of carbonyl (C=O) groups is 2. The number of ether oxygens (including phenoxy) is 1. The molecule has 11 heteroatoms. The predicted octanol–water partition coefficient (Wildman–Crippen LogP) is 3.84. The van der Waals surface area contributed by atoms with Crippen molar-refractivity contribution in [1.29, 1.82) is 0 Å². The fourth-order valence-electron chi connectivity index (χ4n) is 3.26. The highest BCUT2D eigenvalue weighted by Gasteiger charge is 2.20. The molecular formula is C23H26ClN3O7. The molecule has 1 unspecified atom stereocenters. The van der Waals surface area contributed by atoms with Gasteiger partial charge in [0.1, 0.15) is 5.69 Å². The van der Waals surface area contributed by atoms with E-state index in [4.69, 9.17) is 26.6 Å². The molecule has 3 rings (SSSR count). The van der Waals surface area contributed by atoms with E-state index in [9.17, 15) is 19.7 Å². The molecule has 1 aliphatic rings. The van der Waals surface area contributed by atoms with Gasteiger partial charge in [0.05, 0.1) is 24.2 Å². The summed E-state index contributed by atoms with van der Waals surface area (Å²) in [6.45, 7) is 4.23. The first-order valence-corrected chi connectivity index (χ1v) is 10.8. The quantitative estimate of drug-likeness (QED) is 0.271. The lowest BCUT2D eigenvalue weighted by Gasteiger charge is -2.29. The Labute approximate surface area is 201 Å². The van der Waals surface area contributed by atoms with Gasteiger partial charge in [-0.3, -0.25) is 15.0 Å². The van der Waals surface area contributed by atoms with Crippen LogP contribution in [-0.4, -0.2) is 64.8 Å². The lowest BCUT2D eigenvalue weighted by molar-refractivity contribution is -0.384. The Hall–Kier alpha value is -3.47. The number of aliphatic carboxylic acids is 2. The molecule has 2 aromatic carbocycles. The Morgan fingerprint density at radius 3 is 2.29 bits per heavy atom. The molecule has 0 spiro atoms. The minimum absolute atomic E-state index is 0.0294. The molecule has 1 aliphatic heterocycles. The third-order valence-electron chi connectivity index (χ3n) is 4.89. The van der Waals surface area contributed by atoms with E-state index in [0.29, 0.717) is 22.9 Å². The molecule has 3 N–H and O–H groups in total. The Balaban J connectivity index is 0.000000440. The number of carboxylic acid groups (broad SMARTS) is 2. The predicted molar refractivity (Wildman–Crippen MR) is 127 cm³/mol. The number of benzene rings is 2. The summed E-state index contributed by atoms with van der Waals surface area (Å²) in [7, 11) is 0. The number of morpholine rings is 1. The second-order valence-electron chi connectivity index (χ2n) is 7.28. The van der Waals surface area contributed by atoms with Crippen molar-refractivity contribution < 1.29 is 29.5 Å². The highest BCUT2D eigenvalue weighted by molar-refractivity contribution is 6.31. The number of hydrogen-bond donors (Lipinski definition) is 3. The van der Waals surface area contributed by atoms with Gasteiger partial charge < -0.3 is 20.3 Å². The van der Waals surface area contributed by atoms with E-state index in [1.807, 2.05) is 30.3 Å². The highest BCUT2D eigenvalue weighted by atomic mass is 35.5. The van der Waals surface area contributed by atoms with E-state index in [0.717, 1.165) is 44.8 Å². The Morgan fingerprint density at radius 2 is 1.74 bits per heavy atom. The number of anilines is 1. The maximum absolute atomic E-state index is 11.4. The van der Waals surface area contributed by atoms with E-state index in [2.05, 4.69) is 10.2 Å². The maximum Gasteiger partial charge on any atom is 0.328 e. The first-order chi connectivity index (χ1) is 16.3. The van der Waals surface area contributed by atoms with Crippen LogP contribution in [0.4, 0.5) is 11.4 Å². The van der Waals surface area contributed by atoms with Gasteiger partial charge in [-0.05, 0) is 24.1 Å². The van der Waals surface area contributed by atoms with Crippen LogP contribution in [0.1, 0.15) is 18.0 Å². The number of hydrogen-bond acceptors (Lipinski definition) is 7. The van der Waals surface area contributed by atoms with Gasteiger partial charge in [-0.1, -0.05) is 41.9 Å². The molecule has 1 atom stereocenters. The number of halogens is 1. The molecule has 1 saturated heterocycles. The standard InChI is InChI=1S/C19H22ClN3O3.C4H4O4/c20-16-6-7-19(23(24)25)18(14-16)21-17(15-4-2-1-3-5-15)8-9-22-10-12-26-13-11-22;5-3(6)1-2-4(7)8/h1-7,14,17,21H,8-13H2;1-2H,(H,5,6)(H,7,8)/b;2-1+. The lowest BCUT2D eigenvalue weighted by atomic mass is 10.0. The monoisotopic (exact) mass is 491 g/mol. The number of nitro benzene ring substituents is 1. The minimum Gasteiger partial charge on any atom is -0.478 e. The third-order valence-corrected chi connectivity index (χ3v) is 5.13. The SMILES string of the molecule is O=C(O)/C=C/C(=O)O.O=[N+]([O-])c1ccc(Cl)cc1NC(CCN1CCOCC1)c1ccccc1. The van der Waals surface area contributed by atoms with E-state index >= 15 is 0 Å². The number of nitrogens with zero attached hydrogens (tertiary/aromatic N) is 2. The summed E-state index contributed by atoms with van der Waals surface area (Å²) in [5.41, 5.74) is 1.56. The average molecular weight is 492 g/mol. The van der Waals surface area contributed by atoms with Gasteiger partial charge in [-0.25, -0.2) is 9.59 Å². The molecule has 1 fully saturated rings. The first kappa shape index (κ1) is 26.8. The van der Waals surface area contributed by atoms with Crippen LogP contribution >= 0.6 is 11.6 Å². The van der Waals surface area contributed by atoms with Crippen LogP contribution in [0.2, 0.25) is 5.02 Å².